The van der Waals surface area contributed by atoms with Gasteiger partial charge in [-0.15, -0.1) is 0 Å². The van der Waals surface area contributed by atoms with Crippen molar-refractivity contribution in [2.45, 2.75) is 38.5 Å². The fourth-order valence-corrected chi connectivity index (χ4v) is 4.10. The fourth-order valence-electron chi connectivity index (χ4n) is 2.78. The van der Waals surface area contributed by atoms with E-state index in [2.05, 4.69) is 4.90 Å². The summed E-state index contributed by atoms with van der Waals surface area (Å²) in [5.74, 6) is 0.774. The Balaban J connectivity index is 2.14. The second kappa shape index (κ2) is 6.55. The molecule has 1 heterocycles. The van der Waals surface area contributed by atoms with Crippen LogP contribution < -0.4 is 4.74 Å². The minimum Gasteiger partial charge on any atom is -0.492 e. The Kier molecular flexibility index (Phi) is 5.17. The monoisotopic (exact) mass is 331 g/mol. The van der Waals surface area contributed by atoms with E-state index in [1.165, 1.54) is 12.8 Å². The van der Waals surface area contributed by atoms with Crippen LogP contribution in [0.5, 0.6) is 5.75 Å². The van der Waals surface area contributed by atoms with Gasteiger partial charge in [-0.2, -0.15) is 0 Å². The molecule has 2 rings (SSSR count). The van der Waals surface area contributed by atoms with Gasteiger partial charge in [0, 0.05) is 17.2 Å². The van der Waals surface area contributed by atoms with Crippen molar-refractivity contribution in [2.24, 2.45) is 0 Å². The molecule has 1 aromatic rings. The van der Waals surface area contributed by atoms with Crippen LogP contribution in [-0.2, 0) is 9.05 Å². The Morgan fingerprint density at radius 3 is 2.38 bits per heavy atom. The molecule has 1 saturated heterocycles. The van der Waals surface area contributed by atoms with E-state index >= 15 is 0 Å². The topological polar surface area (TPSA) is 46.6 Å². The molecule has 1 aliphatic heterocycles. The largest absolute Gasteiger partial charge is 0.492 e. The van der Waals surface area contributed by atoms with Gasteiger partial charge in [-0.05, 0) is 69.5 Å². The van der Waals surface area contributed by atoms with Crippen molar-refractivity contribution in [3.05, 3.63) is 22.8 Å². The van der Waals surface area contributed by atoms with E-state index in [4.69, 9.17) is 15.4 Å². The maximum Gasteiger partial charge on any atom is 0.261 e. The summed E-state index contributed by atoms with van der Waals surface area (Å²) in [6, 6.07) is 1.59. The van der Waals surface area contributed by atoms with Crippen LogP contribution in [0.3, 0.4) is 0 Å². The van der Waals surface area contributed by atoms with Crippen molar-refractivity contribution >= 4 is 19.7 Å². The molecule has 0 N–H and O–H groups in total. The van der Waals surface area contributed by atoms with Crippen LogP contribution in [0.25, 0.3) is 0 Å². The van der Waals surface area contributed by atoms with Crippen molar-refractivity contribution in [1.82, 2.24) is 4.90 Å². The zero-order valence-corrected chi connectivity index (χ0v) is 14.4. The molecule has 1 aromatic carbocycles. The Morgan fingerprint density at radius 2 is 1.81 bits per heavy atom. The van der Waals surface area contributed by atoms with Crippen LogP contribution in [-0.4, -0.2) is 39.6 Å². The first-order valence-corrected chi connectivity index (χ1v) is 9.52. The molecular weight excluding hydrogens is 310 g/mol. The molecule has 118 valence electrons. The van der Waals surface area contributed by atoms with Gasteiger partial charge in [-0.3, -0.25) is 4.90 Å². The smallest absolute Gasteiger partial charge is 0.261 e. The molecule has 0 aromatic heterocycles. The lowest BCUT2D eigenvalue weighted by Crippen LogP contribution is -2.25. The minimum atomic E-state index is -3.72. The van der Waals surface area contributed by atoms with E-state index in [-0.39, 0.29) is 4.90 Å². The molecule has 1 aliphatic rings. The molecule has 0 amide bonds. The molecule has 0 aliphatic carbocycles. The molecule has 0 atom stereocenters. The Labute approximate surface area is 131 Å². The molecule has 0 saturated carbocycles. The average Bonchev–Trinajstić information content (AvgIpc) is 2.89. The molecular formula is C15H22ClNO3S. The second-order valence-corrected chi connectivity index (χ2v) is 8.14. The highest BCUT2D eigenvalue weighted by Crippen LogP contribution is 2.32. The molecule has 0 radical (unpaired) electrons. The molecule has 6 heteroatoms. The highest BCUT2D eigenvalue weighted by Gasteiger charge is 2.19. The Bertz CT molecular complexity index is 622. The molecule has 0 bridgehead atoms. The number of halogens is 1. The van der Waals surface area contributed by atoms with Crippen molar-refractivity contribution in [3.63, 3.8) is 0 Å². The molecule has 1 fully saturated rings. The predicted octanol–water partition coefficient (Wildman–Crippen LogP) is 3.01. The number of hydrogen-bond acceptors (Lipinski definition) is 4. The van der Waals surface area contributed by atoms with Crippen LogP contribution in [0.4, 0.5) is 0 Å². The van der Waals surface area contributed by atoms with E-state index in [9.17, 15) is 8.42 Å². The first-order valence-electron chi connectivity index (χ1n) is 7.21. The van der Waals surface area contributed by atoms with E-state index in [1.807, 2.05) is 13.8 Å². The summed E-state index contributed by atoms with van der Waals surface area (Å²) >= 11 is 0. The normalized spacial score (nSPS) is 16.4. The SMILES string of the molecule is Cc1cc(S(=O)(=O)Cl)c(C)c(C)c1OCCN1CCCC1. The van der Waals surface area contributed by atoms with Gasteiger partial charge in [0.25, 0.3) is 9.05 Å². The third-order valence-corrected chi connectivity index (χ3v) is 5.54. The standard InChI is InChI=1S/C15H22ClNO3S/c1-11-10-14(21(16,18)19)12(2)13(3)15(11)20-9-8-17-6-4-5-7-17/h10H,4-9H2,1-3H3. The average molecular weight is 332 g/mol. The quantitative estimate of drug-likeness (QED) is 0.778. The molecule has 4 nitrogen and oxygen atoms in total. The van der Waals surface area contributed by atoms with Crippen molar-refractivity contribution in [1.29, 1.82) is 0 Å². The highest BCUT2D eigenvalue weighted by molar-refractivity contribution is 8.13. The summed E-state index contributed by atoms with van der Waals surface area (Å²) in [5, 5.41) is 0. The zero-order chi connectivity index (χ0) is 15.6. The lowest BCUT2D eigenvalue weighted by Gasteiger charge is -2.19. The highest BCUT2D eigenvalue weighted by atomic mass is 35.7. The van der Waals surface area contributed by atoms with Crippen LogP contribution in [0.1, 0.15) is 29.5 Å². The lowest BCUT2D eigenvalue weighted by molar-refractivity contribution is 0.235. The van der Waals surface area contributed by atoms with Gasteiger partial charge >= 0.3 is 0 Å². The first kappa shape index (κ1) is 16.6. The van der Waals surface area contributed by atoms with Crippen molar-refractivity contribution < 1.29 is 13.2 Å². The first-order chi connectivity index (χ1) is 9.80. The van der Waals surface area contributed by atoms with Crippen LogP contribution in [0.15, 0.2) is 11.0 Å². The van der Waals surface area contributed by atoms with Gasteiger partial charge in [0.15, 0.2) is 0 Å². The summed E-state index contributed by atoms with van der Waals surface area (Å²) in [7, 11) is 1.75. The molecule has 21 heavy (non-hydrogen) atoms. The Hall–Kier alpha value is -0.780. The lowest BCUT2D eigenvalue weighted by atomic mass is 10.1. The van der Waals surface area contributed by atoms with Crippen LogP contribution in [0.2, 0.25) is 0 Å². The summed E-state index contributed by atoms with van der Waals surface area (Å²) in [6.07, 6.45) is 2.53. The summed E-state index contributed by atoms with van der Waals surface area (Å²) in [5.41, 5.74) is 2.31. The molecule has 0 unspecified atom stereocenters. The zero-order valence-electron chi connectivity index (χ0n) is 12.8. The third kappa shape index (κ3) is 3.90. The predicted molar refractivity (Wildman–Crippen MR) is 84.9 cm³/mol. The maximum absolute atomic E-state index is 11.6. The van der Waals surface area contributed by atoms with Crippen molar-refractivity contribution in [3.8, 4) is 5.75 Å². The fraction of sp³-hybridized carbons (Fsp3) is 0.600. The van der Waals surface area contributed by atoms with Crippen LogP contribution >= 0.6 is 10.7 Å². The molecule has 0 spiro atoms. The van der Waals surface area contributed by atoms with Gasteiger partial charge in [-0.1, -0.05) is 0 Å². The Morgan fingerprint density at radius 1 is 1.19 bits per heavy atom. The van der Waals surface area contributed by atoms with Gasteiger partial charge < -0.3 is 4.74 Å². The number of rotatable bonds is 5. The van der Waals surface area contributed by atoms with Crippen LogP contribution in [0, 0.1) is 20.8 Å². The minimum absolute atomic E-state index is 0.172. The van der Waals surface area contributed by atoms with E-state index in [1.54, 1.807) is 13.0 Å². The van der Waals surface area contributed by atoms with Gasteiger partial charge in [-0.25, -0.2) is 8.42 Å². The summed E-state index contributed by atoms with van der Waals surface area (Å²) < 4.78 is 29.0. The number of likely N-dealkylation sites (tertiary alicyclic amines) is 1. The number of ether oxygens (including phenoxy) is 1. The van der Waals surface area contributed by atoms with Gasteiger partial charge in [0.05, 0.1) is 4.90 Å². The van der Waals surface area contributed by atoms with E-state index < -0.39 is 9.05 Å². The van der Waals surface area contributed by atoms with Gasteiger partial charge in [0.1, 0.15) is 12.4 Å². The number of hydrogen-bond donors (Lipinski definition) is 0. The van der Waals surface area contributed by atoms with Crippen molar-refractivity contribution in [2.75, 3.05) is 26.2 Å². The van der Waals surface area contributed by atoms with Gasteiger partial charge in [0.2, 0.25) is 0 Å². The number of nitrogens with zero attached hydrogens (tertiary/aromatic N) is 1. The number of benzene rings is 1. The number of aryl methyl sites for hydroxylation is 1. The third-order valence-electron chi connectivity index (χ3n) is 4.09. The van der Waals surface area contributed by atoms with E-state index in [0.717, 1.165) is 36.5 Å². The summed E-state index contributed by atoms with van der Waals surface area (Å²) in [4.78, 5) is 2.56. The maximum atomic E-state index is 11.6. The second-order valence-electron chi connectivity index (χ2n) is 5.61. The summed E-state index contributed by atoms with van der Waals surface area (Å²) in [6.45, 7) is 9.30. The van der Waals surface area contributed by atoms with E-state index in [0.29, 0.717) is 12.2 Å².